The predicted octanol–water partition coefficient (Wildman–Crippen LogP) is 2.68. The molecule has 8 heteroatoms. The van der Waals surface area contributed by atoms with Crippen molar-refractivity contribution in [1.29, 1.82) is 0 Å². The normalized spacial score (nSPS) is 15.3. The van der Waals surface area contributed by atoms with Crippen LogP contribution in [0.15, 0.2) is 60.9 Å². The van der Waals surface area contributed by atoms with Gasteiger partial charge in [0.15, 0.2) is 11.5 Å². The molecule has 1 fully saturated rings. The van der Waals surface area contributed by atoms with E-state index in [1.54, 1.807) is 10.6 Å². The van der Waals surface area contributed by atoms with Crippen LogP contribution in [0.4, 0.5) is 5.82 Å². The number of nitrogens with two attached hydrogens (primary N) is 1. The number of nitrogens with zero attached hydrogens (tertiary/aromatic N) is 3. The van der Waals surface area contributed by atoms with Crippen molar-refractivity contribution < 1.29 is 14.3 Å². The van der Waals surface area contributed by atoms with E-state index in [1.807, 2.05) is 48.5 Å². The average Bonchev–Trinajstić information content (AvgIpc) is 3.22. The summed E-state index contributed by atoms with van der Waals surface area (Å²) in [6.07, 6.45) is 1.51. The topological polar surface area (TPSA) is 102 Å². The van der Waals surface area contributed by atoms with E-state index in [4.69, 9.17) is 10.5 Å². The van der Waals surface area contributed by atoms with Crippen LogP contribution in [-0.2, 0) is 11.3 Å². The first-order valence-electron chi connectivity index (χ1n) is 10.6. The van der Waals surface area contributed by atoms with E-state index in [9.17, 15) is 9.59 Å². The summed E-state index contributed by atoms with van der Waals surface area (Å²) in [6, 6.07) is 17.3. The molecule has 0 aliphatic carbocycles. The van der Waals surface area contributed by atoms with Gasteiger partial charge in [-0.05, 0) is 30.2 Å². The summed E-state index contributed by atoms with van der Waals surface area (Å²) in [4.78, 5) is 31.7. The van der Waals surface area contributed by atoms with Crippen molar-refractivity contribution in [3.63, 3.8) is 0 Å². The number of benzene rings is 2. The number of amides is 2. The lowest BCUT2D eigenvalue weighted by Gasteiger charge is -2.32. The molecule has 32 heavy (non-hydrogen) atoms. The highest BCUT2D eigenvalue weighted by Gasteiger charge is 2.21. The predicted molar refractivity (Wildman–Crippen MR) is 121 cm³/mol. The highest BCUT2D eigenvalue weighted by Crippen LogP contribution is 2.23. The third-order valence-corrected chi connectivity index (χ3v) is 5.72. The minimum Gasteiger partial charge on any atom is -0.379 e. The zero-order chi connectivity index (χ0) is 22.5. The summed E-state index contributed by atoms with van der Waals surface area (Å²) < 4.78 is 7.07. The van der Waals surface area contributed by atoms with Crippen molar-refractivity contribution >= 4 is 17.6 Å². The molecule has 1 aromatic heterocycles. The van der Waals surface area contributed by atoms with Crippen LogP contribution in [0.3, 0.4) is 0 Å². The maximum absolute atomic E-state index is 13.0. The van der Waals surface area contributed by atoms with Gasteiger partial charge in [-0.25, -0.2) is 4.98 Å². The van der Waals surface area contributed by atoms with Crippen LogP contribution in [-0.4, -0.2) is 52.6 Å². The van der Waals surface area contributed by atoms with Gasteiger partial charge in [0.2, 0.25) is 0 Å². The van der Waals surface area contributed by atoms with E-state index >= 15 is 0 Å². The number of ether oxygens (including phenoxy) is 1. The average molecular weight is 434 g/mol. The van der Waals surface area contributed by atoms with Gasteiger partial charge in [-0.15, -0.1) is 0 Å². The number of hydrogen-bond acceptors (Lipinski definition) is 5. The third kappa shape index (κ3) is 4.87. The van der Waals surface area contributed by atoms with Crippen LogP contribution in [0, 0.1) is 0 Å². The van der Waals surface area contributed by atoms with Gasteiger partial charge in [0.25, 0.3) is 11.8 Å². The van der Waals surface area contributed by atoms with Gasteiger partial charge in [0.05, 0.1) is 19.5 Å². The van der Waals surface area contributed by atoms with Crippen molar-refractivity contribution in [1.82, 2.24) is 14.5 Å². The van der Waals surface area contributed by atoms with E-state index in [1.165, 1.54) is 6.33 Å². The number of nitrogens with one attached hydrogen (secondary N) is 1. The molecule has 3 N–H and O–H groups in total. The third-order valence-electron chi connectivity index (χ3n) is 5.72. The Balaban J connectivity index is 1.52. The van der Waals surface area contributed by atoms with E-state index < -0.39 is 5.91 Å². The Kier molecular flexibility index (Phi) is 6.63. The standard InChI is InChI=1S/C24H27N5O3/c1-17(28-10-12-32-13-11-28)19-8-5-9-20(14-19)24(31)27-23-21(22(25)30)29(16-26-23)15-18-6-3-2-4-7-18/h2-9,14,16-17H,10-13,15H2,1H3,(H2,25,30)(H,27,31). The van der Waals surface area contributed by atoms with Gasteiger partial charge in [-0.3, -0.25) is 14.5 Å². The van der Waals surface area contributed by atoms with E-state index in [0.717, 1.165) is 24.2 Å². The Morgan fingerprint density at radius 2 is 1.88 bits per heavy atom. The van der Waals surface area contributed by atoms with Crippen LogP contribution in [0.5, 0.6) is 0 Å². The van der Waals surface area contributed by atoms with Crippen LogP contribution in [0.2, 0.25) is 0 Å². The summed E-state index contributed by atoms with van der Waals surface area (Å²) in [5.41, 5.74) is 8.31. The SMILES string of the molecule is CC(c1cccc(C(=O)Nc2ncn(Cc3ccccc3)c2C(N)=O)c1)N1CCOCC1. The molecule has 0 radical (unpaired) electrons. The molecule has 4 rings (SSSR count). The first-order valence-corrected chi connectivity index (χ1v) is 10.6. The fourth-order valence-electron chi connectivity index (χ4n) is 3.93. The molecule has 166 valence electrons. The first kappa shape index (κ1) is 21.7. The Bertz CT molecular complexity index is 1090. The van der Waals surface area contributed by atoms with Crippen molar-refractivity contribution in [2.45, 2.75) is 19.5 Å². The zero-order valence-electron chi connectivity index (χ0n) is 18.0. The second kappa shape index (κ2) is 9.76. The van der Waals surface area contributed by atoms with Crippen LogP contribution in [0.1, 0.15) is 44.9 Å². The van der Waals surface area contributed by atoms with Crippen LogP contribution in [0.25, 0.3) is 0 Å². The molecular formula is C24H27N5O3. The lowest BCUT2D eigenvalue weighted by molar-refractivity contribution is 0.0198. The molecule has 1 saturated heterocycles. The second-order valence-electron chi connectivity index (χ2n) is 7.82. The molecule has 0 bridgehead atoms. The van der Waals surface area contributed by atoms with Gasteiger partial charge in [0, 0.05) is 31.2 Å². The number of carbonyl (C=O) groups is 2. The number of morpholine rings is 1. The first-order chi connectivity index (χ1) is 15.5. The van der Waals surface area contributed by atoms with Crippen molar-refractivity contribution in [3.8, 4) is 0 Å². The molecule has 3 aromatic rings. The maximum atomic E-state index is 13.0. The summed E-state index contributed by atoms with van der Waals surface area (Å²) >= 11 is 0. The van der Waals surface area contributed by atoms with Crippen molar-refractivity contribution in [2.75, 3.05) is 31.6 Å². The maximum Gasteiger partial charge on any atom is 0.269 e. The van der Waals surface area contributed by atoms with E-state index in [2.05, 4.69) is 22.1 Å². The quantitative estimate of drug-likeness (QED) is 0.596. The lowest BCUT2D eigenvalue weighted by Crippen LogP contribution is -2.38. The zero-order valence-corrected chi connectivity index (χ0v) is 18.0. The summed E-state index contributed by atoms with van der Waals surface area (Å²) in [5.74, 6) is -0.832. The fraction of sp³-hybridized carbons (Fsp3) is 0.292. The Hall–Kier alpha value is -3.49. The molecule has 1 aliphatic heterocycles. The molecule has 8 nitrogen and oxygen atoms in total. The number of imidazole rings is 1. The van der Waals surface area contributed by atoms with E-state index in [0.29, 0.717) is 25.3 Å². The van der Waals surface area contributed by atoms with Crippen molar-refractivity contribution in [3.05, 3.63) is 83.3 Å². The highest BCUT2D eigenvalue weighted by atomic mass is 16.5. The Labute approximate surface area is 187 Å². The molecule has 2 aromatic carbocycles. The van der Waals surface area contributed by atoms with Gasteiger partial charge in [-0.1, -0.05) is 42.5 Å². The molecule has 0 spiro atoms. The number of carbonyl (C=O) groups excluding carboxylic acids is 2. The molecule has 1 atom stereocenters. The number of primary amides is 1. The monoisotopic (exact) mass is 433 g/mol. The number of aromatic nitrogens is 2. The van der Waals surface area contributed by atoms with Gasteiger partial charge in [0.1, 0.15) is 0 Å². The molecule has 1 aliphatic rings. The minimum absolute atomic E-state index is 0.157. The molecule has 2 heterocycles. The summed E-state index contributed by atoms with van der Waals surface area (Å²) in [5, 5.41) is 2.75. The van der Waals surface area contributed by atoms with E-state index in [-0.39, 0.29) is 23.5 Å². The van der Waals surface area contributed by atoms with Crippen molar-refractivity contribution in [2.24, 2.45) is 5.73 Å². The molecule has 0 saturated carbocycles. The largest absolute Gasteiger partial charge is 0.379 e. The lowest BCUT2D eigenvalue weighted by atomic mass is 10.0. The van der Waals surface area contributed by atoms with Gasteiger partial charge in [-0.2, -0.15) is 0 Å². The fourth-order valence-corrected chi connectivity index (χ4v) is 3.93. The molecule has 2 amide bonds. The summed E-state index contributed by atoms with van der Waals surface area (Å²) in [6.45, 7) is 5.70. The molecular weight excluding hydrogens is 406 g/mol. The number of rotatable bonds is 7. The minimum atomic E-state index is -0.650. The molecule has 1 unspecified atom stereocenters. The smallest absolute Gasteiger partial charge is 0.269 e. The second-order valence-corrected chi connectivity index (χ2v) is 7.82. The summed E-state index contributed by atoms with van der Waals surface area (Å²) in [7, 11) is 0. The number of hydrogen-bond donors (Lipinski definition) is 2. The Morgan fingerprint density at radius 1 is 1.12 bits per heavy atom. The van der Waals surface area contributed by atoms with Crippen LogP contribution >= 0.6 is 0 Å². The van der Waals surface area contributed by atoms with Crippen LogP contribution < -0.4 is 11.1 Å². The van der Waals surface area contributed by atoms with Gasteiger partial charge < -0.3 is 20.4 Å². The Morgan fingerprint density at radius 3 is 2.59 bits per heavy atom. The van der Waals surface area contributed by atoms with Gasteiger partial charge >= 0.3 is 0 Å². The number of anilines is 1. The highest BCUT2D eigenvalue weighted by molar-refractivity contribution is 6.07.